The molecule has 3 aromatic rings. The van der Waals surface area contributed by atoms with Crippen molar-refractivity contribution >= 4 is 33.1 Å². The van der Waals surface area contributed by atoms with Gasteiger partial charge in [-0.1, -0.05) is 18.2 Å². The number of aromatic nitrogens is 1. The van der Waals surface area contributed by atoms with Crippen LogP contribution >= 0.6 is 11.3 Å². The van der Waals surface area contributed by atoms with Gasteiger partial charge in [0.2, 0.25) is 5.91 Å². The van der Waals surface area contributed by atoms with Crippen molar-refractivity contribution in [1.29, 1.82) is 0 Å². The van der Waals surface area contributed by atoms with Gasteiger partial charge in [-0.15, -0.1) is 11.3 Å². The van der Waals surface area contributed by atoms with Crippen LogP contribution in [0.5, 0.6) is 5.75 Å². The Hall–Kier alpha value is -2.44. The van der Waals surface area contributed by atoms with Crippen LogP contribution in [0.1, 0.15) is 30.7 Å². The van der Waals surface area contributed by atoms with Crippen LogP contribution in [0.4, 0.5) is 5.69 Å². The number of para-hydroxylation sites is 1. The van der Waals surface area contributed by atoms with Gasteiger partial charge in [0, 0.05) is 24.2 Å². The summed E-state index contributed by atoms with van der Waals surface area (Å²) in [5.74, 6) is 1.13. The zero-order valence-corrected chi connectivity index (χ0v) is 17.0. The minimum atomic E-state index is -0.191. The van der Waals surface area contributed by atoms with Crippen molar-refractivity contribution in [2.45, 2.75) is 31.7 Å². The van der Waals surface area contributed by atoms with E-state index in [1.165, 1.54) is 9.71 Å². The maximum absolute atomic E-state index is 12.8. The number of piperidine rings is 1. The first-order valence-corrected chi connectivity index (χ1v) is 10.5. The highest BCUT2D eigenvalue weighted by Crippen LogP contribution is 2.33. The van der Waals surface area contributed by atoms with Gasteiger partial charge in [-0.25, -0.2) is 4.98 Å². The number of amides is 1. The summed E-state index contributed by atoms with van der Waals surface area (Å²) in [6.45, 7) is 3.79. The third-order valence-electron chi connectivity index (χ3n) is 5.38. The van der Waals surface area contributed by atoms with Crippen LogP contribution < -0.4 is 10.1 Å². The lowest BCUT2D eigenvalue weighted by molar-refractivity contribution is -0.121. The molecule has 4 rings (SSSR count). The second kappa shape index (κ2) is 8.29. The van der Waals surface area contributed by atoms with Crippen molar-refractivity contribution in [3.05, 3.63) is 53.5 Å². The molecular formula is C22H25N3O2S. The van der Waals surface area contributed by atoms with Crippen molar-refractivity contribution in [3.63, 3.8) is 0 Å². The minimum Gasteiger partial charge on any atom is -0.497 e. The Labute approximate surface area is 169 Å². The maximum Gasteiger partial charge on any atom is 0.241 e. The first-order chi connectivity index (χ1) is 13.6. The molecule has 0 saturated carbocycles. The number of fused-ring (bicyclic) bond motifs is 1. The average Bonchev–Trinajstić information content (AvgIpc) is 3.18. The molecule has 1 N–H and O–H groups in total. The van der Waals surface area contributed by atoms with E-state index in [9.17, 15) is 4.79 Å². The summed E-state index contributed by atoms with van der Waals surface area (Å²) >= 11 is 1.78. The Balaban J connectivity index is 1.43. The highest BCUT2D eigenvalue weighted by Gasteiger charge is 2.29. The van der Waals surface area contributed by atoms with E-state index in [0.29, 0.717) is 5.92 Å². The number of ether oxygens (including phenoxy) is 1. The Morgan fingerprint density at radius 1 is 1.29 bits per heavy atom. The van der Waals surface area contributed by atoms with Gasteiger partial charge in [-0.3, -0.25) is 9.69 Å². The zero-order valence-electron chi connectivity index (χ0n) is 16.2. The minimum absolute atomic E-state index is 0.0122. The van der Waals surface area contributed by atoms with E-state index >= 15 is 0 Å². The van der Waals surface area contributed by atoms with E-state index in [1.807, 2.05) is 37.3 Å². The van der Waals surface area contributed by atoms with Crippen molar-refractivity contribution in [2.75, 3.05) is 25.5 Å². The van der Waals surface area contributed by atoms with Crippen molar-refractivity contribution in [2.24, 2.45) is 0 Å². The molecule has 2 atom stereocenters. The summed E-state index contributed by atoms with van der Waals surface area (Å²) in [6, 6.07) is 15.6. The van der Waals surface area contributed by atoms with Crippen LogP contribution in [0.25, 0.3) is 10.2 Å². The summed E-state index contributed by atoms with van der Waals surface area (Å²) < 4.78 is 6.47. The molecule has 28 heavy (non-hydrogen) atoms. The first-order valence-electron chi connectivity index (χ1n) is 9.68. The summed E-state index contributed by atoms with van der Waals surface area (Å²) in [7, 11) is 1.62. The number of benzene rings is 2. The Kier molecular flexibility index (Phi) is 5.59. The van der Waals surface area contributed by atoms with Gasteiger partial charge < -0.3 is 10.1 Å². The molecule has 1 amide bonds. The topological polar surface area (TPSA) is 54.5 Å². The second-order valence-electron chi connectivity index (χ2n) is 7.25. The fourth-order valence-electron chi connectivity index (χ4n) is 3.74. The van der Waals surface area contributed by atoms with Crippen LogP contribution in [0.3, 0.4) is 0 Å². The van der Waals surface area contributed by atoms with Gasteiger partial charge >= 0.3 is 0 Å². The van der Waals surface area contributed by atoms with E-state index in [1.54, 1.807) is 18.4 Å². The monoisotopic (exact) mass is 395 g/mol. The van der Waals surface area contributed by atoms with E-state index in [-0.39, 0.29) is 11.9 Å². The molecule has 0 aliphatic carbocycles. The lowest BCUT2D eigenvalue weighted by Gasteiger charge is -2.35. The summed E-state index contributed by atoms with van der Waals surface area (Å²) in [5, 5.41) is 4.20. The number of methoxy groups -OCH3 is 1. The van der Waals surface area contributed by atoms with Crippen molar-refractivity contribution in [3.8, 4) is 5.75 Å². The van der Waals surface area contributed by atoms with Crippen molar-refractivity contribution < 1.29 is 9.53 Å². The quantitative estimate of drug-likeness (QED) is 0.690. The van der Waals surface area contributed by atoms with Gasteiger partial charge in [0.15, 0.2) is 0 Å². The number of hydrogen-bond acceptors (Lipinski definition) is 5. The second-order valence-corrected chi connectivity index (χ2v) is 8.31. The normalized spacial score (nSPS) is 18.7. The molecule has 5 nitrogen and oxygen atoms in total. The summed E-state index contributed by atoms with van der Waals surface area (Å²) in [5.41, 5.74) is 1.83. The van der Waals surface area contributed by atoms with Crippen LogP contribution in [-0.4, -0.2) is 42.0 Å². The van der Waals surface area contributed by atoms with Crippen molar-refractivity contribution in [1.82, 2.24) is 9.88 Å². The summed E-state index contributed by atoms with van der Waals surface area (Å²) in [4.78, 5) is 19.9. The molecule has 0 radical (unpaired) electrons. The van der Waals surface area contributed by atoms with E-state index in [0.717, 1.165) is 42.9 Å². The van der Waals surface area contributed by atoms with Crippen LogP contribution in [0, 0.1) is 0 Å². The van der Waals surface area contributed by atoms with Gasteiger partial charge in [0.1, 0.15) is 5.75 Å². The Morgan fingerprint density at radius 2 is 2.14 bits per heavy atom. The zero-order chi connectivity index (χ0) is 19.5. The fraction of sp³-hybridized carbons (Fsp3) is 0.364. The number of nitrogens with zero attached hydrogens (tertiary/aromatic N) is 2. The molecule has 146 valence electrons. The largest absolute Gasteiger partial charge is 0.497 e. The first kappa shape index (κ1) is 18.9. The van der Waals surface area contributed by atoms with Crippen LogP contribution in [-0.2, 0) is 4.79 Å². The van der Waals surface area contributed by atoms with Crippen LogP contribution in [0.15, 0.2) is 48.5 Å². The summed E-state index contributed by atoms with van der Waals surface area (Å²) in [6.07, 6.45) is 2.21. The third-order valence-corrected chi connectivity index (χ3v) is 6.58. The molecule has 0 spiro atoms. The standard InChI is InChI=1S/C22H25N3O2S/c1-15(21(26)23-17-8-5-9-18(13-17)27-2)25-12-6-7-16(14-25)22-24-19-10-3-4-11-20(19)28-22/h3-5,8-11,13,15-16H,6-7,12,14H2,1-2H3,(H,23,26)/t15-,16+/m1/s1. The van der Waals surface area contributed by atoms with Gasteiger partial charge in [-0.05, 0) is 50.6 Å². The van der Waals surface area contributed by atoms with E-state index in [4.69, 9.17) is 9.72 Å². The molecule has 1 saturated heterocycles. The number of rotatable bonds is 5. The molecule has 1 aromatic heterocycles. The Morgan fingerprint density at radius 3 is 2.96 bits per heavy atom. The SMILES string of the molecule is COc1cccc(NC(=O)[C@@H](C)N2CCC[C@H](c3nc4ccccc4s3)C2)c1. The van der Waals surface area contributed by atoms with Gasteiger partial charge in [0.25, 0.3) is 0 Å². The predicted octanol–water partition coefficient (Wildman–Crippen LogP) is 4.51. The lowest BCUT2D eigenvalue weighted by Crippen LogP contribution is -2.46. The molecule has 0 unspecified atom stereocenters. The van der Waals surface area contributed by atoms with Gasteiger partial charge in [-0.2, -0.15) is 0 Å². The molecule has 1 aliphatic heterocycles. The highest BCUT2D eigenvalue weighted by atomic mass is 32.1. The van der Waals surface area contributed by atoms with Gasteiger partial charge in [0.05, 0.1) is 28.4 Å². The number of nitrogens with one attached hydrogen (secondary N) is 1. The predicted molar refractivity (Wildman–Crippen MR) is 114 cm³/mol. The Bertz CT molecular complexity index is 938. The molecule has 2 heterocycles. The third kappa shape index (κ3) is 4.03. The maximum atomic E-state index is 12.8. The van der Waals surface area contributed by atoms with Crippen LogP contribution in [0.2, 0.25) is 0 Å². The molecule has 1 fully saturated rings. The highest BCUT2D eigenvalue weighted by molar-refractivity contribution is 7.18. The lowest BCUT2D eigenvalue weighted by atomic mass is 9.97. The number of carbonyl (C=O) groups is 1. The molecule has 0 bridgehead atoms. The average molecular weight is 396 g/mol. The molecule has 6 heteroatoms. The number of anilines is 1. The van der Waals surface area contributed by atoms with E-state index in [2.05, 4.69) is 28.4 Å². The number of thiazole rings is 1. The molecule has 1 aliphatic rings. The molecular weight excluding hydrogens is 370 g/mol. The number of likely N-dealkylation sites (tertiary alicyclic amines) is 1. The molecule has 2 aromatic carbocycles. The van der Waals surface area contributed by atoms with E-state index < -0.39 is 0 Å². The fourth-order valence-corrected chi connectivity index (χ4v) is 4.83. The smallest absolute Gasteiger partial charge is 0.241 e. The number of carbonyl (C=O) groups excluding carboxylic acids is 1. The number of hydrogen-bond donors (Lipinski definition) is 1.